The second-order valence-corrected chi connectivity index (χ2v) is 6.46. The van der Waals surface area contributed by atoms with Gasteiger partial charge < -0.3 is 15.2 Å². The fourth-order valence-corrected chi connectivity index (χ4v) is 2.62. The molecule has 2 aromatic carbocycles. The minimum Gasteiger partial charge on any atom is -0.493 e. The van der Waals surface area contributed by atoms with Crippen LogP contribution in [0.4, 0.5) is 0 Å². The minimum atomic E-state index is 0.123. The average molecular weight is 315 g/mol. The second kappa shape index (κ2) is 8.90. The van der Waals surface area contributed by atoms with Crippen molar-refractivity contribution < 1.29 is 9.84 Å². The number of hydrogen-bond donors (Lipinski definition) is 2. The fourth-order valence-electron chi connectivity index (χ4n) is 2.62. The van der Waals surface area contributed by atoms with E-state index in [2.05, 4.69) is 62.5 Å². The Labute approximate surface area is 139 Å². The highest BCUT2D eigenvalue weighted by Gasteiger charge is 2.11. The van der Waals surface area contributed by atoms with E-state index in [1.54, 1.807) is 0 Å². The molecule has 3 nitrogen and oxygen atoms in total. The van der Waals surface area contributed by atoms with Gasteiger partial charge in [-0.2, -0.15) is 0 Å². The van der Waals surface area contributed by atoms with Crippen molar-refractivity contribution in [1.29, 1.82) is 0 Å². The predicted molar refractivity (Wildman–Crippen MR) is 96.9 cm³/mol. The molecule has 1 unspecified atom stereocenters. The lowest BCUT2D eigenvalue weighted by molar-refractivity contribution is 0.237. The monoisotopic (exact) mass is 315 g/mol. The van der Waals surface area contributed by atoms with Crippen molar-refractivity contribution in [3.05, 3.63) is 42.0 Å². The molecule has 0 radical (unpaired) electrons. The third kappa shape index (κ3) is 4.95. The molecule has 1 atom stereocenters. The quantitative estimate of drug-likeness (QED) is 0.731. The normalized spacial score (nSPS) is 12.7. The van der Waals surface area contributed by atoms with Crippen molar-refractivity contribution in [3.8, 4) is 5.75 Å². The summed E-state index contributed by atoms with van der Waals surface area (Å²) in [5.74, 6) is 1.58. The maximum absolute atomic E-state index is 9.40. The Morgan fingerprint density at radius 1 is 1.13 bits per heavy atom. The zero-order valence-corrected chi connectivity index (χ0v) is 14.5. The number of ether oxygens (including phenoxy) is 1. The van der Waals surface area contributed by atoms with Crippen LogP contribution in [0.3, 0.4) is 0 Å². The first-order valence-electron chi connectivity index (χ1n) is 8.63. The highest BCUT2D eigenvalue weighted by Crippen LogP contribution is 2.28. The summed E-state index contributed by atoms with van der Waals surface area (Å²) in [5.41, 5.74) is 1.18. The molecule has 3 heteroatoms. The number of aliphatic hydroxyl groups excluding tert-OH is 1. The van der Waals surface area contributed by atoms with Gasteiger partial charge in [0.05, 0.1) is 13.2 Å². The SMILES string of the molecule is CCC(CO)NCc1c(OCCC(C)C)ccc2ccccc12. The van der Waals surface area contributed by atoms with Crippen LogP contribution < -0.4 is 10.1 Å². The lowest BCUT2D eigenvalue weighted by atomic mass is 10.0. The highest BCUT2D eigenvalue weighted by molar-refractivity contribution is 5.87. The Bertz CT molecular complexity index is 606. The highest BCUT2D eigenvalue weighted by atomic mass is 16.5. The standard InChI is InChI=1S/C20H29NO2/c1-4-17(14-22)21-13-19-18-8-6-5-7-16(18)9-10-20(19)23-12-11-15(2)3/h5-10,15,17,21-22H,4,11-14H2,1-3H3. The smallest absolute Gasteiger partial charge is 0.124 e. The molecular weight excluding hydrogens is 286 g/mol. The molecule has 2 N–H and O–H groups in total. The van der Waals surface area contributed by atoms with Gasteiger partial charge in [0, 0.05) is 18.2 Å². The van der Waals surface area contributed by atoms with E-state index >= 15 is 0 Å². The summed E-state index contributed by atoms with van der Waals surface area (Å²) >= 11 is 0. The molecule has 2 rings (SSSR count). The van der Waals surface area contributed by atoms with E-state index in [0.717, 1.165) is 25.2 Å². The molecule has 0 spiro atoms. The molecule has 0 aliphatic heterocycles. The zero-order chi connectivity index (χ0) is 16.7. The van der Waals surface area contributed by atoms with E-state index in [9.17, 15) is 5.11 Å². The van der Waals surface area contributed by atoms with Gasteiger partial charge in [0.25, 0.3) is 0 Å². The van der Waals surface area contributed by atoms with Crippen LogP contribution in [0.5, 0.6) is 5.75 Å². The Kier molecular flexibility index (Phi) is 6.87. The van der Waals surface area contributed by atoms with Crippen molar-refractivity contribution >= 4 is 10.8 Å². The van der Waals surface area contributed by atoms with Crippen LogP contribution in [-0.4, -0.2) is 24.4 Å². The third-order valence-corrected chi connectivity index (χ3v) is 4.23. The van der Waals surface area contributed by atoms with Crippen molar-refractivity contribution in [2.75, 3.05) is 13.2 Å². The van der Waals surface area contributed by atoms with Gasteiger partial charge in [0.1, 0.15) is 5.75 Å². The lowest BCUT2D eigenvalue weighted by Gasteiger charge is -2.18. The summed E-state index contributed by atoms with van der Waals surface area (Å²) in [5, 5.41) is 15.3. The van der Waals surface area contributed by atoms with Crippen LogP contribution in [0.15, 0.2) is 36.4 Å². The summed E-state index contributed by atoms with van der Waals surface area (Å²) < 4.78 is 6.05. The summed E-state index contributed by atoms with van der Waals surface area (Å²) in [7, 11) is 0. The Balaban J connectivity index is 2.24. The van der Waals surface area contributed by atoms with Crippen LogP contribution in [0, 0.1) is 5.92 Å². The summed E-state index contributed by atoms with van der Waals surface area (Å²) in [6, 6.07) is 12.7. The Hall–Kier alpha value is -1.58. The van der Waals surface area contributed by atoms with Gasteiger partial charge in [-0.1, -0.05) is 51.1 Å². The fraction of sp³-hybridized carbons (Fsp3) is 0.500. The third-order valence-electron chi connectivity index (χ3n) is 4.23. The summed E-state index contributed by atoms with van der Waals surface area (Å²) in [6.45, 7) is 8.10. The number of fused-ring (bicyclic) bond motifs is 1. The molecule has 126 valence electrons. The van der Waals surface area contributed by atoms with Crippen LogP contribution in [0.25, 0.3) is 10.8 Å². The van der Waals surface area contributed by atoms with Gasteiger partial charge in [0.2, 0.25) is 0 Å². The average Bonchev–Trinajstić information content (AvgIpc) is 2.56. The number of nitrogens with one attached hydrogen (secondary N) is 1. The number of hydrogen-bond acceptors (Lipinski definition) is 3. The van der Waals surface area contributed by atoms with E-state index in [4.69, 9.17) is 4.74 Å². The molecule has 0 saturated heterocycles. The van der Waals surface area contributed by atoms with E-state index in [1.807, 2.05) is 0 Å². The number of benzene rings is 2. The molecule has 0 bridgehead atoms. The van der Waals surface area contributed by atoms with Crippen LogP contribution in [-0.2, 0) is 6.54 Å². The van der Waals surface area contributed by atoms with Gasteiger partial charge in [-0.3, -0.25) is 0 Å². The van der Waals surface area contributed by atoms with Gasteiger partial charge in [-0.05, 0) is 35.6 Å². The van der Waals surface area contributed by atoms with Gasteiger partial charge in [0.15, 0.2) is 0 Å². The van der Waals surface area contributed by atoms with E-state index in [0.29, 0.717) is 12.5 Å². The molecule has 0 heterocycles. The molecule has 23 heavy (non-hydrogen) atoms. The van der Waals surface area contributed by atoms with Gasteiger partial charge >= 0.3 is 0 Å². The number of rotatable bonds is 9. The van der Waals surface area contributed by atoms with Crippen molar-refractivity contribution in [1.82, 2.24) is 5.32 Å². The molecule has 0 amide bonds. The largest absolute Gasteiger partial charge is 0.493 e. The van der Waals surface area contributed by atoms with Gasteiger partial charge in [-0.15, -0.1) is 0 Å². The molecular formula is C20H29NO2. The topological polar surface area (TPSA) is 41.5 Å². The predicted octanol–water partition coefficient (Wildman–Crippen LogP) is 4.13. The minimum absolute atomic E-state index is 0.123. The molecule has 0 saturated carbocycles. The zero-order valence-electron chi connectivity index (χ0n) is 14.5. The van der Waals surface area contributed by atoms with E-state index in [-0.39, 0.29) is 12.6 Å². The molecule has 2 aromatic rings. The van der Waals surface area contributed by atoms with Crippen molar-refractivity contribution in [2.24, 2.45) is 5.92 Å². The molecule has 0 aliphatic rings. The first-order chi connectivity index (χ1) is 11.2. The second-order valence-electron chi connectivity index (χ2n) is 6.46. The molecule has 0 aliphatic carbocycles. The molecule has 0 aromatic heterocycles. The first-order valence-corrected chi connectivity index (χ1v) is 8.63. The first kappa shape index (κ1) is 17.8. The maximum atomic E-state index is 9.40. The summed E-state index contributed by atoms with van der Waals surface area (Å²) in [4.78, 5) is 0. The Morgan fingerprint density at radius 3 is 2.61 bits per heavy atom. The van der Waals surface area contributed by atoms with Crippen LogP contribution in [0.2, 0.25) is 0 Å². The summed E-state index contributed by atoms with van der Waals surface area (Å²) in [6.07, 6.45) is 1.96. The van der Waals surface area contributed by atoms with Gasteiger partial charge in [-0.25, -0.2) is 0 Å². The van der Waals surface area contributed by atoms with Crippen molar-refractivity contribution in [3.63, 3.8) is 0 Å². The van der Waals surface area contributed by atoms with Crippen LogP contribution in [0.1, 0.15) is 39.2 Å². The number of aliphatic hydroxyl groups is 1. The van der Waals surface area contributed by atoms with E-state index in [1.165, 1.54) is 16.3 Å². The lowest BCUT2D eigenvalue weighted by Crippen LogP contribution is -2.31. The van der Waals surface area contributed by atoms with Crippen LogP contribution >= 0.6 is 0 Å². The van der Waals surface area contributed by atoms with E-state index < -0.39 is 0 Å². The maximum Gasteiger partial charge on any atom is 0.124 e. The molecule has 0 fully saturated rings. The van der Waals surface area contributed by atoms with Crippen molar-refractivity contribution in [2.45, 2.75) is 46.2 Å². The Morgan fingerprint density at radius 2 is 1.91 bits per heavy atom.